The largest absolute Gasteiger partial charge is 0.261 e. The molecule has 0 bridgehead atoms. The van der Waals surface area contributed by atoms with Crippen LogP contribution in [0.3, 0.4) is 0 Å². The molecule has 3 heteroatoms. The summed E-state index contributed by atoms with van der Waals surface area (Å²) in [5, 5.41) is 0. The molecule has 1 aromatic heterocycles. The monoisotopic (exact) mass is 425 g/mol. The van der Waals surface area contributed by atoms with Crippen molar-refractivity contribution >= 4 is 22.8 Å². The van der Waals surface area contributed by atoms with E-state index in [4.69, 9.17) is 9.98 Å². The molecule has 0 aliphatic rings. The van der Waals surface area contributed by atoms with Crippen LogP contribution in [0.5, 0.6) is 0 Å². The van der Waals surface area contributed by atoms with E-state index >= 15 is 0 Å². The number of aryl methyl sites for hydroxylation is 6. The summed E-state index contributed by atoms with van der Waals surface area (Å²) in [5.74, 6) is 0.0742. The second-order valence-electron chi connectivity index (χ2n) is 9.08. The molecule has 0 saturated carbocycles. The predicted octanol–water partition coefficient (Wildman–Crippen LogP) is 7.68. The Hall–Kier alpha value is -3.07. The fourth-order valence-electron chi connectivity index (χ4n) is 4.53. The molecule has 2 aromatic carbocycles. The molecule has 0 aliphatic carbocycles. The van der Waals surface area contributed by atoms with Crippen LogP contribution in [0.1, 0.15) is 52.9 Å². The van der Waals surface area contributed by atoms with Crippen molar-refractivity contribution in [2.24, 2.45) is 15.9 Å². The standard InChI is InChI=1S/C29H35N3/c1-18-13-20(3)28(21(4)14-18)31-24(7)27(17-26-11-9-10-12-30-26)25(8)32-29-22(5)15-19(2)16-23(29)6/h9-16,27H,17H2,1-8H3. The van der Waals surface area contributed by atoms with Crippen LogP contribution in [0.25, 0.3) is 0 Å². The first-order valence-corrected chi connectivity index (χ1v) is 11.3. The highest BCUT2D eigenvalue weighted by Crippen LogP contribution is 2.29. The lowest BCUT2D eigenvalue weighted by atomic mass is 9.92. The van der Waals surface area contributed by atoms with Gasteiger partial charge in [-0.3, -0.25) is 15.0 Å². The fraction of sp³-hybridized carbons (Fsp3) is 0.345. The van der Waals surface area contributed by atoms with Gasteiger partial charge >= 0.3 is 0 Å². The van der Waals surface area contributed by atoms with Crippen LogP contribution >= 0.6 is 0 Å². The van der Waals surface area contributed by atoms with Crippen LogP contribution in [0.4, 0.5) is 11.4 Å². The highest BCUT2D eigenvalue weighted by molar-refractivity contribution is 6.07. The van der Waals surface area contributed by atoms with Gasteiger partial charge in [-0.1, -0.05) is 41.5 Å². The molecule has 0 N–H and O–H groups in total. The number of rotatable bonds is 6. The van der Waals surface area contributed by atoms with E-state index in [1.807, 2.05) is 18.3 Å². The van der Waals surface area contributed by atoms with Crippen LogP contribution < -0.4 is 0 Å². The van der Waals surface area contributed by atoms with Gasteiger partial charge in [0.1, 0.15) is 0 Å². The average molecular weight is 426 g/mol. The van der Waals surface area contributed by atoms with Crippen molar-refractivity contribution < 1.29 is 0 Å². The van der Waals surface area contributed by atoms with E-state index in [1.165, 1.54) is 33.4 Å². The Morgan fingerprint density at radius 2 is 1.16 bits per heavy atom. The first-order valence-electron chi connectivity index (χ1n) is 11.3. The summed E-state index contributed by atoms with van der Waals surface area (Å²) in [7, 11) is 0. The number of pyridine rings is 1. The van der Waals surface area contributed by atoms with Crippen LogP contribution in [0, 0.1) is 47.5 Å². The Bertz CT molecular complexity index is 1050. The normalized spacial score (nSPS) is 13.4. The maximum absolute atomic E-state index is 5.13. The van der Waals surface area contributed by atoms with E-state index in [-0.39, 0.29) is 5.92 Å². The van der Waals surface area contributed by atoms with Gasteiger partial charge in [-0.15, -0.1) is 0 Å². The third kappa shape index (κ3) is 5.59. The number of aliphatic imine (C=N–C) groups is 2. The fourth-order valence-corrected chi connectivity index (χ4v) is 4.53. The van der Waals surface area contributed by atoms with Gasteiger partial charge < -0.3 is 0 Å². The zero-order valence-electron chi connectivity index (χ0n) is 20.7. The molecule has 3 aromatic rings. The smallest absolute Gasteiger partial charge is 0.0687 e. The maximum Gasteiger partial charge on any atom is 0.0687 e. The molecule has 1 heterocycles. The van der Waals surface area contributed by atoms with Crippen LogP contribution in [-0.2, 0) is 6.42 Å². The Balaban J connectivity index is 2.08. The lowest BCUT2D eigenvalue weighted by Gasteiger charge is -2.19. The molecule has 0 amide bonds. The number of hydrogen-bond donors (Lipinski definition) is 0. The molecule has 32 heavy (non-hydrogen) atoms. The van der Waals surface area contributed by atoms with E-state index in [2.05, 4.69) is 90.7 Å². The quantitative estimate of drug-likeness (QED) is 0.373. The second-order valence-corrected chi connectivity index (χ2v) is 9.08. The third-order valence-corrected chi connectivity index (χ3v) is 6.00. The molecule has 3 rings (SSSR count). The Morgan fingerprint density at radius 3 is 1.53 bits per heavy atom. The van der Waals surface area contributed by atoms with E-state index in [1.54, 1.807) is 0 Å². The van der Waals surface area contributed by atoms with Crippen LogP contribution in [0.2, 0.25) is 0 Å². The molecule has 0 atom stereocenters. The van der Waals surface area contributed by atoms with Gasteiger partial charge in [0.2, 0.25) is 0 Å². The Kier molecular flexibility index (Phi) is 7.40. The maximum atomic E-state index is 5.13. The van der Waals surface area contributed by atoms with Crippen LogP contribution in [-0.4, -0.2) is 16.4 Å². The number of nitrogens with zero attached hydrogens (tertiary/aromatic N) is 3. The van der Waals surface area contributed by atoms with Crippen molar-refractivity contribution in [3.05, 3.63) is 87.7 Å². The summed E-state index contributed by atoms with van der Waals surface area (Å²) >= 11 is 0. The minimum Gasteiger partial charge on any atom is -0.261 e. The van der Waals surface area contributed by atoms with Gasteiger partial charge in [0.05, 0.1) is 11.4 Å². The van der Waals surface area contributed by atoms with E-state index < -0.39 is 0 Å². The highest BCUT2D eigenvalue weighted by atomic mass is 14.8. The van der Waals surface area contributed by atoms with Gasteiger partial charge in [-0.25, -0.2) is 0 Å². The molecule has 0 aliphatic heterocycles. The van der Waals surface area contributed by atoms with E-state index in [0.29, 0.717) is 0 Å². The van der Waals surface area contributed by atoms with E-state index in [0.717, 1.165) is 34.9 Å². The van der Waals surface area contributed by atoms with Crippen molar-refractivity contribution in [1.29, 1.82) is 0 Å². The lowest BCUT2D eigenvalue weighted by Crippen LogP contribution is -2.23. The SMILES string of the molecule is CC(=Nc1c(C)cc(C)cc1C)C(Cc1ccccn1)C(C)=Nc1c(C)cc(C)cc1C. The summed E-state index contributed by atoms with van der Waals surface area (Å²) in [5.41, 5.74) is 12.7. The molecule has 0 saturated heterocycles. The summed E-state index contributed by atoms with van der Waals surface area (Å²) in [4.78, 5) is 14.8. The first kappa shape index (κ1) is 23.6. The second kappa shape index (κ2) is 10.0. The van der Waals surface area contributed by atoms with Crippen molar-refractivity contribution in [3.8, 4) is 0 Å². The van der Waals surface area contributed by atoms with Gasteiger partial charge in [-0.05, 0) is 89.8 Å². The molecular weight excluding hydrogens is 390 g/mol. The predicted molar refractivity (Wildman–Crippen MR) is 138 cm³/mol. The molecule has 0 spiro atoms. The lowest BCUT2D eigenvalue weighted by molar-refractivity contribution is 0.847. The number of hydrogen-bond acceptors (Lipinski definition) is 3. The van der Waals surface area contributed by atoms with E-state index in [9.17, 15) is 0 Å². The van der Waals surface area contributed by atoms with Gasteiger partial charge in [-0.2, -0.15) is 0 Å². The number of benzene rings is 2. The van der Waals surface area contributed by atoms with Crippen molar-refractivity contribution in [3.63, 3.8) is 0 Å². The summed E-state index contributed by atoms with van der Waals surface area (Å²) in [6.07, 6.45) is 2.63. The first-order chi connectivity index (χ1) is 15.2. The Morgan fingerprint density at radius 1 is 0.719 bits per heavy atom. The molecule has 166 valence electrons. The molecular formula is C29H35N3. The minimum atomic E-state index is 0.0742. The van der Waals surface area contributed by atoms with Crippen molar-refractivity contribution in [1.82, 2.24) is 4.98 Å². The summed E-state index contributed by atoms with van der Waals surface area (Å²) < 4.78 is 0. The molecule has 0 fully saturated rings. The molecule has 3 nitrogen and oxygen atoms in total. The minimum absolute atomic E-state index is 0.0742. The van der Waals surface area contributed by atoms with Crippen LogP contribution in [0.15, 0.2) is 58.6 Å². The average Bonchev–Trinajstić information content (AvgIpc) is 2.72. The zero-order chi connectivity index (χ0) is 23.4. The summed E-state index contributed by atoms with van der Waals surface area (Å²) in [6, 6.07) is 14.9. The van der Waals surface area contributed by atoms with Gasteiger partial charge in [0.25, 0.3) is 0 Å². The third-order valence-electron chi connectivity index (χ3n) is 6.00. The number of aromatic nitrogens is 1. The molecule has 0 radical (unpaired) electrons. The van der Waals surface area contributed by atoms with Gasteiger partial charge in [0, 0.05) is 35.7 Å². The Labute approximate surface area is 193 Å². The molecule has 0 unspecified atom stereocenters. The highest BCUT2D eigenvalue weighted by Gasteiger charge is 2.19. The zero-order valence-corrected chi connectivity index (χ0v) is 20.7. The summed E-state index contributed by atoms with van der Waals surface area (Å²) in [6.45, 7) is 17.1. The van der Waals surface area contributed by atoms with Gasteiger partial charge in [0.15, 0.2) is 0 Å². The van der Waals surface area contributed by atoms with Crippen molar-refractivity contribution in [2.45, 2.75) is 61.8 Å². The topological polar surface area (TPSA) is 37.6 Å². The van der Waals surface area contributed by atoms with Crippen molar-refractivity contribution in [2.75, 3.05) is 0 Å².